The van der Waals surface area contributed by atoms with Crippen molar-refractivity contribution in [2.24, 2.45) is 7.05 Å². The SMILES string of the molecule is Cc1nn(C)c(C)c1-c1c(Cl)ccc2c(CCCOc3cccc4ccccc34)c(C(=O)OC(C)(C)C)n(CCN3CCN(C(O)COc4cccc5c4C(=O)N(C4CCC(=O)N(C)C4=O)C5=O)CC3)c12. The Morgan fingerprint density at radius 3 is 2.28 bits per heavy atom. The number of likely N-dealkylation sites (tertiary alicyclic amines) is 1. The van der Waals surface area contributed by atoms with Crippen molar-refractivity contribution >= 4 is 62.9 Å². The molecule has 2 fully saturated rings. The van der Waals surface area contributed by atoms with Gasteiger partial charge in [-0.2, -0.15) is 5.10 Å². The number of aliphatic hydroxyl groups is 1. The summed E-state index contributed by atoms with van der Waals surface area (Å²) in [5.41, 5.74) is 4.99. The number of piperidine rings is 1. The Hall–Kier alpha value is -6.59. The Kier molecular flexibility index (Phi) is 13.8. The normalized spacial score (nSPS) is 17.5. The standard InChI is InChI=1S/C54H60ClN7O9/c1-32-45(33(2)58(7)56-32)47-39(55)21-20-37-36(17-12-30-69-41-18-10-14-34-13-8-9-15-35(34)41)49(53(68)71-54(3,4)5)61(48(37)47)29-26-59-24-27-60(28-25-59)44(64)31-70-42-19-11-16-38-46(42)52(67)62(50(38)65)40-22-23-43(63)57(6)51(40)66/h8-11,13-16,18-21,40,44,64H,12,17,22-31H2,1-7H3. The number of imide groups is 2. The maximum Gasteiger partial charge on any atom is 0.355 e. The molecule has 6 aromatic rings. The summed E-state index contributed by atoms with van der Waals surface area (Å²) in [6.07, 6.45) is 0.197. The number of carbonyl (C=O) groups excluding carboxylic acids is 5. The fourth-order valence-electron chi connectivity index (χ4n) is 10.3. The van der Waals surface area contributed by atoms with Crippen molar-refractivity contribution in [2.75, 3.05) is 53.0 Å². The quantitative estimate of drug-likeness (QED) is 0.0626. The number of piperazine rings is 1. The highest BCUT2D eigenvalue weighted by Crippen LogP contribution is 2.43. The van der Waals surface area contributed by atoms with E-state index in [1.165, 1.54) is 13.1 Å². The first-order valence-electron chi connectivity index (χ1n) is 24.2. The number of nitrogens with zero attached hydrogens (tertiary/aromatic N) is 7. The van der Waals surface area contributed by atoms with E-state index < -0.39 is 41.6 Å². The van der Waals surface area contributed by atoms with Crippen LogP contribution in [0.15, 0.2) is 72.8 Å². The van der Waals surface area contributed by atoms with Gasteiger partial charge >= 0.3 is 5.97 Å². The molecule has 3 aliphatic heterocycles. The van der Waals surface area contributed by atoms with Crippen molar-refractivity contribution in [3.05, 3.63) is 112 Å². The molecule has 5 heterocycles. The largest absolute Gasteiger partial charge is 0.493 e. The third kappa shape index (κ3) is 9.53. The molecule has 9 rings (SSSR count). The molecule has 0 bridgehead atoms. The molecule has 16 nitrogen and oxygen atoms in total. The number of aryl methyl sites for hydroxylation is 3. The van der Waals surface area contributed by atoms with Crippen LogP contribution < -0.4 is 9.47 Å². The zero-order valence-electron chi connectivity index (χ0n) is 41.3. The van der Waals surface area contributed by atoms with E-state index in [9.17, 15) is 29.1 Å². The van der Waals surface area contributed by atoms with Crippen LogP contribution in [0.25, 0.3) is 32.8 Å². The molecule has 1 N–H and O–H groups in total. The predicted molar refractivity (Wildman–Crippen MR) is 269 cm³/mol. The van der Waals surface area contributed by atoms with Crippen LogP contribution in [-0.4, -0.2) is 140 Å². The van der Waals surface area contributed by atoms with E-state index in [1.807, 2.05) is 87.6 Å². The molecule has 4 aromatic carbocycles. The van der Waals surface area contributed by atoms with Crippen LogP contribution in [0, 0.1) is 13.8 Å². The van der Waals surface area contributed by atoms with Crippen LogP contribution >= 0.6 is 11.6 Å². The summed E-state index contributed by atoms with van der Waals surface area (Å²) >= 11 is 7.21. The van der Waals surface area contributed by atoms with Crippen LogP contribution in [0.1, 0.15) is 88.2 Å². The molecule has 2 atom stereocenters. The second-order valence-corrected chi connectivity index (χ2v) is 20.0. The van der Waals surface area contributed by atoms with Gasteiger partial charge in [0.05, 0.1) is 34.0 Å². The van der Waals surface area contributed by atoms with Crippen LogP contribution in [0.3, 0.4) is 0 Å². The van der Waals surface area contributed by atoms with Crippen molar-refractivity contribution in [2.45, 2.75) is 84.7 Å². The molecule has 0 saturated carbocycles. The lowest BCUT2D eigenvalue weighted by atomic mass is 9.98. The molecule has 2 unspecified atom stereocenters. The number of rotatable bonds is 15. The van der Waals surface area contributed by atoms with Crippen LogP contribution in [0.2, 0.25) is 5.02 Å². The highest BCUT2D eigenvalue weighted by atomic mass is 35.5. The molecule has 372 valence electrons. The molecule has 0 aliphatic carbocycles. The number of hydrogen-bond donors (Lipinski definition) is 1. The number of likely N-dealkylation sites (N-methyl/N-ethyl adjacent to an activating group) is 1. The van der Waals surface area contributed by atoms with E-state index in [0.717, 1.165) is 65.3 Å². The Morgan fingerprint density at radius 1 is 0.831 bits per heavy atom. The number of benzene rings is 4. The summed E-state index contributed by atoms with van der Waals surface area (Å²) < 4.78 is 22.6. The fourth-order valence-corrected chi connectivity index (χ4v) is 10.5. The summed E-state index contributed by atoms with van der Waals surface area (Å²) in [5, 5.41) is 19.8. The molecule has 0 radical (unpaired) electrons. The number of carbonyl (C=O) groups is 5. The molecule has 71 heavy (non-hydrogen) atoms. The van der Waals surface area contributed by atoms with Crippen LogP contribution in [0.5, 0.6) is 11.5 Å². The van der Waals surface area contributed by atoms with E-state index in [4.69, 9.17) is 30.9 Å². The number of hydrogen-bond acceptors (Lipinski definition) is 12. The lowest BCUT2D eigenvalue weighted by Crippen LogP contribution is -2.54. The van der Waals surface area contributed by atoms with Gasteiger partial charge in [-0.15, -0.1) is 0 Å². The smallest absolute Gasteiger partial charge is 0.355 e. The van der Waals surface area contributed by atoms with Crippen LogP contribution in [0.4, 0.5) is 0 Å². The van der Waals surface area contributed by atoms with Gasteiger partial charge in [-0.05, 0) is 89.1 Å². The second kappa shape index (κ2) is 19.9. The highest BCUT2D eigenvalue weighted by Gasteiger charge is 2.47. The topological polar surface area (TPSA) is 169 Å². The van der Waals surface area contributed by atoms with E-state index >= 15 is 0 Å². The van der Waals surface area contributed by atoms with E-state index in [2.05, 4.69) is 27.7 Å². The first-order chi connectivity index (χ1) is 33.9. The van der Waals surface area contributed by atoms with E-state index in [0.29, 0.717) is 69.4 Å². The summed E-state index contributed by atoms with van der Waals surface area (Å²) in [6, 6.07) is 21.6. The molecule has 0 spiro atoms. The predicted octanol–water partition coefficient (Wildman–Crippen LogP) is 7.19. The molecule has 2 aromatic heterocycles. The van der Waals surface area contributed by atoms with Gasteiger partial charge in [0.15, 0.2) is 0 Å². The molecular weight excluding hydrogens is 926 g/mol. The summed E-state index contributed by atoms with van der Waals surface area (Å²) in [7, 11) is 3.25. The first-order valence-corrected chi connectivity index (χ1v) is 24.6. The van der Waals surface area contributed by atoms with Crippen molar-refractivity contribution in [3.63, 3.8) is 0 Å². The third-order valence-electron chi connectivity index (χ3n) is 13.9. The summed E-state index contributed by atoms with van der Waals surface area (Å²) in [4.78, 5) is 73.0. The average molecular weight is 987 g/mol. The Bertz CT molecular complexity index is 3090. The van der Waals surface area contributed by atoms with Crippen molar-refractivity contribution in [3.8, 4) is 22.6 Å². The second-order valence-electron chi connectivity index (χ2n) is 19.6. The lowest BCUT2D eigenvalue weighted by molar-refractivity contribution is -0.149. The van der Waals surface area contributed by atoms with Gasteiger partial charge in [-0.1, -0.05) is 60.1 Å². The number of ether oxygens (including phenoxy) is 3. The summed E-state index contributed by atoms with van der Waals surface area (Å²) in [5.74, 6) is -1.77. The van der Waals surface area contributed by atoms with E-state index in [1.54, 1.807) is 12.1 Å². The third-order valence-corrected chi connectivity index (χ3v) is 14.2. The Balaban J connectivity index is 0.935. The van der Waals surface area contributed by atoms with Gasteiger partial charge < -0.3 is 23.9 Å². The molecule has 2 saturated heterocycles. The minimum atomic E-state index is -1.09. The van der Waals surface area contributed by atoms with Crippen LogP contribution in [-0.2, 0) is 34.3 Å². The average Bonchev–Trinajstić information content (AvgIpc) is 3.90. The maximum absolute atomic E-state index is 14.6. The number of halogens is 1. The Morgan fingerprint density at radius 2 is 1.55 bits per heavy atom. The monoisotopic (exact) mass is 985 g/mol. The first kappa shape index (κ1) is 49.4. The zero-order valence-corrected chi connectivity index (χ0v) is 42.0. The van der Waals surface area contributed by atoms with Gasteiger partial charge in [0.1, 0.15) is 41.7 Å². The number of aromatic nitrogens is 3. The van der Waals surface area contributed by atoms with Crippen molar-refractivity contribution < 1.29 is 43.3 Å². The van der Waals surface area contributed by atoms with Gasteiger partial charge in [0, 0.05) is 87.4 Å². The molecular formula is C54H60ClN7O9. The Labute approximate surface area is 417 Å². The maximum atomic E-state index is 14.6. The van der Waals surface area contributed by atoms with Gasteiger partial charge in [-0.25, -0.2) is 4.79 Å². The van der Waals surface area contributed by atoms with E-state index in [-0.39, 0.29) is 42.2 Å². The van der Waals surface area contributed by atoms with Crippen molar-refractivity contribution in [1.82, 2.24) is 33.9 Å². The lowest BCUT2D eigenvalue weighted by Gasteiger charge is -2.37. The highest BCUT2D eigenvalue weighted by molar-refractivity contribution is 6.35. The minimum absolute atomic E-state index is 0.0286. The van der Waals surface area contributed by atoms with Gasteiger partial charge in [0.25, 0.3) is 17.7 Å². The number of aliphatic hydroxyl groups excluding tert-OH is 1. The van der Waals surface area contributed by atoms with Gasteiger partial charge in [-0.3, -0.25) is 43.5 Å². The zero-order chi connectivity index (χ0) is 50.5. The fraction of sp³-hybridized carbons (Fsp3) is 0.407. The molecule has 17 heteroatoms. The summed E-state index contributed by atoms with van der Waals surface area (Å²) in [6.45, 7) is 13.0. The molecule has 4 amide bonds. The molecule has 3 aliphatic rings. The number of esters is 1. The van der Waals surface area contributed by atoms with Gasteiger partial charge in [0.2, 0.25) is 5.91 Å². The number of amides is 4. The van der Waals surface area contributed by atoms with Crippen molar-refractivity contribution in [1.29, 1.82) is 0 Å². The number of fused-ring (bicyclic) bond motifs is 3. The minimum Gasteiger partial charge on any atom is -0.493 e.